The Morgan fingerprint density at radius 1 is 1.12 bits per heavy atom. The number of hydrogen-bond acceptors (Lipinski definition) is 8. The second-order valence-corrected chi connectivity index (χ2v) is 13.5. The van der Waals surface area contributed by atoms with Crippen molar-refractivity contribution in [1.29, 1.82) is 0 Å². The van der Waals surface area contributed by atoms with E-state index < -0.39 is 32.9 Å². The first-order valence-electron chi connectivity index (χ1n) is 14.3. The summed E-state index contributed by atoms with van der Waals surface area (Å²) in [6, 6.07) is 5.92. The highest BCUT2D eigenvalue weighted by Gasteiger charge is 2.28. The first kappa shape index (κ1) is 30.8. The number of nitrogens with one attached hydrogen (secondary N) is 1. The van der Waals surface area contributed by atoms with Gasteiger partial charge in [-0.3, -0.25) is 4.72 Å². The van der Waals surface area contributed by atoms with Gasteiger partial charge in [-0.05, 0) is 57.4 Å². The van der Waals surface area contributed by atoms with Crippen molar-refractivity contribution in [1.82, 2.24) is 24.4 Å². The topological polar surface area (TPSA) is 116 Å². The van der Waals surface area contributed by atoms with Crippen molar-refractivity contribution in [3.63, 3.8) is 0 Å². The lowest BCUT2D eigenvalue weighted by atomic mass is 10.0. The fourth-order valence-electron chi connectivity index (χ4n) is 5.65. The Morgan fingerprint density at radius 2 is 1.81 bits per heavy atom. The van der Waals surface area contributed by atoms with Crippen molar-refractivity contribution in [2.45, 2.75) is 51.7 Å². The number of aromatic nitrogens is 4. The number of aliphatic hydroxyl groups is 1. The Labute approximate surface area is 250 Å². The smallest absolute Gasteiger partial charge is 0.232 e. The number of piperidine rings is 1. The highest BCUT2D eigenvalue weighted by atomic mass is 32.2. The summed E-state index contributed by atoms with van der Waals surface area (Å²) in [5.41, 5.74) is 0.592. The van der Waals surface area contributed by atoms with E-state index in [9.17, 15) is 13.5 Å². The second-order valence-electron chi connectivity index (χ2n) is 11.7. The van der Waals surface area contributed by atoms with E-state index in [0.717, 1.165) is 38.1 Å². The molecule has 0 aliphatic carbocycles. The van der Waals surface area contributed by atoms with Crippen molar-refractivity contribution in [3.05, 3.63) is 60.8 Å². The number of fused-ring (bicyclic) bond motifs is 1. The molecule has 0 bridgehead atoms. The predicted octanol–water partition coefficient (Wildman–Crippen LogP) is 4.58. The predicted molar refractivity (Wildman–Crippen MR) is 164 cm³/mol. The standard InChI is InChI=1S/C30H37F2N7O3S/c1-5-14-43(41,42)36-24-7-6-23(31)29(27(24)32)39-17-22(20-15-33-19-34-16-20)28-25(39)8-9-26(35-28)37(4)21-10-12-38(13-11-21)18-30(2,3)40/h6-9,15-17,19,21,36,40H,5,10-14,18H2,1-4H3. The number of anilines is 2. The highest BCUT2D eigenvalue weighted by molar-refractivity contribution is 7.92. The van der Waals surface area contributed by atoms with Crippen LogP contribution in [-0.2, 0) is 10.0 Å². The fraction of sp³-hybridized carbons (Fsp3) is 0.433. The molecular weight excluding hydrogens is 576 g/mol. The molecule has 10 nitrogen and oxygen atoms in total. The Kier molecular flexibility index (Phi) is 8.68. The van der Waals surface area contributed by atoms with Gasteiger partial charge < -0.3 is 19.5 Å². The van der Waals surface area contributed by atoms with Crippen molar-refractivity contribution < 1.29 is 22.3 Å². The van der Waals surface area contributed by atoms with Crippen LogP contribution in [0.1, 0.15) is 40.0 Å². The third kappa shape index (κ3) is 6.78. The summed E-state index contributed by atoms with van der Waals surface area (Å²) in [6.07, 6.45) is 8.30. The average Bonchev–Trinajstić information content (AvgIpc) is 3.33. The maximum absolute atomic E-state index is 15.9. The van der Waals surface area contributed by atoms with E-state index in [4.69, 9.17) is 4.98 Å². The van der Waals surface area contributed by atoms with Crippen LogP contribution in [0.15, 0.2) is 49.2 Å². The Balaban J connectivity index is 1.55. The van der Waals surface area contributed by atoms with Crippen LogP contribution in [0.5, 0.6) is 0 Å². The molecule has 0 spiro atoms. The van der Waals surface area contributed by atoms with E-state index in [2.05, 4.69) is 24.5 Å². The van der Waals surface area contributed by atoms with Gasteiger partial charge in [-0.2, -0.15) is 0 Å². The number of halogens is 2. The van der Waals surface area contributed by atoms with Crippen LogP contribution in [0.25, 0.3) is 27.8 Å². The molecule has 13 heteroatoms. The second kappa shape index (κ2) is 12.1. The Bertz CT molecular complexity index is 1700. The number of sulfonamides is 1. The van der Waals surface area contributed by atoms with Gasteiger partial charge >= 0.3 is 0 Å². The summed E-state index contributed by atoms with van der Waals surface area (Å²) in [7, 11) is -1.83. The van der Waals surface area contributed by atoms with E-state index >= 15 is 8.78 Å². The molecule has 2 N–H and O–H groups in total. The van der Waals surface area contributed by atoms with Crippen LogP contribution < -0.4 is 9.62 Å². The van der Waals surface area contributed by atoms with Gasteiger partial charge in [-0.25, -0.2) is 32.2 Å². The van der Waals surface area contributed by atoms with Crippen molar-refractivity contribution in [2.24, 2.45) is 0 Å². The number of benzene rings is 1. The number of nitrogens with zero attached hydrogens (tertiary/aromatic N) is 6. The van der Waals surface area contributed by atoms with Gasteiger partial charge in [0, 0.05) is 62.4 Å². The molecule has 0 unspecified atom stereocenters. The van der Waals surface area contributed by atoms with Crippen LogP contribution in [0.2, 0.25) is 0 Å². The van der Waals surface area contributed by atoms with Crippen LogP contribution in [-0.4, -0.2) is 82.0 Å². The molecule has 230 valence electrons. The lowest BCUT2D eigenvalue weighted by Gasteiger charge is -2.39. The Morgan fingerprint density at radius 3 is 2.47 bits per heavy atom. The molecule has 43 heavy (non-hydrogen) atoms. The summed E-state index contributed by atoms with van der Waals surface area (Å²) >= 11 is 0. The summed E-state index contributed by atoms with van der Waals surface area (Å²) in [5, 5.41) is 10.2. The number of pyridine rings is 1. The van der Waals surface area contributed by atoms with Gasteiger partial charge in [0.05, 0.1) is 28.1 Å². The molecule has 1 aliphatic rings. The quantitative estimate of drug-likeness (QED) is 0.267. The summed E-state index contributed by atoms with van der Waals surface area (Å²) < 4.78 is 59.5. The molecule has 0 saturated carbocycles. The molecule has 5 rings (SSSR count). The van der Waals surface area contributed by atoms with Gasteiger partial charge in [-0.1, -0.05) is 6.92 Å². The summed E-state index contributed by atoms with van der Waals surface area (Å²) in [6.45, 7) is 7.63. The number of β-amino-alcohol motifs (C(OH)–C–C–N with tert-alkyl or cyclic N) is 1. The first-order valence-corrected chi connectivity index (χ1v) is 16.0. The molecule has 0 atom stereocenters. The van der Waals surface area contributed by atoms with Gasteiger partial charge in [0.1, 0.15) is 23.6 Å². The van der Waals surface area contributed by atoms with Gasteiger partial charge in [0.2, 0.25) is 10.0 Å². The minimum absolute atomic E-state index is 0.192. The van der Waals surface area contributed by atoms with Gasteiger partial charge in [-0.15, -0.1) is 0 Å². The normalized spacial score (nSPS) is 15.2. The minimum Gasteiger partial charge on any atom is -0.389 e. The third-order valence-electron chi connectivity index (χ3n) is 7.63. The van der Waals surface area contributed by atoms with Crippen LogP contribution in [0.4, 0.5) is 20.3 Å². The van der Waals surface area contributed by atoms with Gasteiger partial charge in [0.25, 0.3) is 0 Å². The average molecular weight is 614 g/mol. The number of likely N-dealkylation sites (tertiary alicyclic amines) is 1. The Hall–Kier alpha value is -3.68. The van der Waals surface area contributed by atoms with Gasteiger partial charge in [0.15, 0.2) is 5.82 Å². The lowest BCUT2D eigenvalue weighted by molar-refractivity contribution is 0.0282. The zero-order valence-corrected chi connectivity index (χ0v) is 25.6. The molecule has 0 amide bonds. The zero-order chi connectivity index (χ0) is 30.9. The summed E-state index contributed by atoms with van der Waals surface area (Å²) in [5.74, 6) is -1.39. The van der Waals surface area contributed by atoms with Crippen LogP contribution in [0, 0.1) is 11.6 Å². The molecule has 1 saturated heterocycles. The first-order chi connectivity index (χ1) is 20.4. The van der Waals surface area contributed by atoms with E-state index in [-0.39, 0.29) is 17.5 Å². The molecular formula is C30H37F2N7O3S. The SMILES string of the molecule is CCCS(=O)(=O)Nc1ccc(F)c(-n2cc(-c3cncnc3)c3nc(N(C)C4CCN(CC(C)(C)O)CC4)ccc32)c1F. The molecule has 3 aromatic heterocycles. The maximum atomic E-state index is 15.9. The maximum Gasteiger partial charge on any atom is 0.232 e. The molecule has 1 aromatic carbocycles. The molecule has 1 aliphatic heterocycles. The summed E-state index contributed by atoms with van der Waals surface area (Å²) in [4.78, 5) is 17.6. The monoisotopic (exact) mass is 613 g/mol. The van der Waals surface area contributed by atoms with Crippen LogP contribution >= 0.6 is 0 Å². The van der Waals surface area contributed by atoms with Crippen LogP contribution in [0.3, 0.4) is 0 Å². The van der Waals surface area contributed by atoms with E-state index in [1.807, 2.05) is 27.0 Å². The molecule has 1 fully saturated rings. The number of rotatable bonds is 10. The van der Waals surface area contributed by atoms with E-state index in [1.165, 1.54) is 10.9 Å². The molecule has 4 heterocycles. The third-order valence-corrected chi connectivity index (χ3v) is 9.10. The zero-order valence-electron chi connectivity index (χ0n) is 24.8. The van der Waals surface area contributed by atoms with Crippen molar-refractivity contribution in [3.8, 4) is 16.8 Å². The van der Waals surface area contributed by atoms with E-state index in [0.29, 0.717) is 40.9 Å². The molecule has 4 aromatic rings. The molecule has 0 radical (unpaired) electrons. The highest BCUT2D eigenvalue weighted by Crippen LogP contribution is 2.36. The lowest BCUT2D eigenvalue weighted by Crippen LogP contribution is -2.47. The largest absolute Gasteiger partial charge is 0.389 e. The minimum atomic E-state index is -3.81. The van der Waals surface area contributed by atoms with Crippen molar-refractivity contribution >= 4 is 32.6 Å². The fourth-order valence-corrected chi connectivity index (χ4v) is 6.78. The van der Waals surface area contributed by atoms with E-state index in [1.54, 1.807) is 31.6 Å². The van der Waals surface area contributed by atoms with Crippen molar-refractivity contribution in [2.75, 3.05) is 42.1 Å². The number of hydrogen-bond donors (Lipinski definition) is 2.